The molecule has 3 N–H and O–H groups in total. The van der Waals surface area contributed by atoms with E-state index in [1.54, 1.807) is 0 Å². The van der Waals surface area contributed by atoms with Crippen LogP contribution in [-0.2, 0) is 0 Å². The van der Waals surface area contributed by atoms with Gasteiger partial charge in [0.05, 0.1) is 11.7 Å². The third-order valence-corrected chi connectivity index (χ3v) is 2.87. The molecular weight excluding hydrogens is 210 g/mol. The molecule has 0 aliphatic rings. The number of rotatable bonds is 2. The van der Waals surface area contributed by atoms with Gasteiger partial charge in [-0.3, -0.25) is 4.98 Å². The van der Waals surface area contributed by atoms with Crippen LogP contribution in [0.4, 0.5) is 0 Å². The molecule has 0 saturated carbocycles. The maximum absolute atomic E-state index is 5.46. The molecule has 0 radical (unpaired) electrons. The summed E-state index contributed by atoms with van der Waals surface area (Å²) in [6.07, 6.45) is 7.67. The van der Waals surface area contributed by atoms with Crippen LogP contribution >= 0.6 is 0 Å². The molecule has 84 valence electrons. The summed E-state index contributed by atoms with van der Waals surface area (Å²) in [5.41, 5.74) is 8.83. The van der Waals surface area contributed by atoms with E-state index in [1.807, 2.05) is 30.6 Å². The van der Waals surface area contributed by atoms with Crippen molar-refractivity contribution in [1.82, 2.24) is 9.97 Å². The quantitative estimate of drug-likeness (QED) is 0.701. The van der Waals surface area contributed by atoms with Gasteiger partial charge >= 0.3 is 0 Å². The van der Waals surface area contributed by atoms with Gasteiger partial charge < -0.3 is 10.7 Å². The molecule has 2 aromatic heterocycles. The molecule has 0 spiro atoms. The van der Waals surface area contributed by atoms with E-state index >= 15 is 0 Å². The fourth-order valence-electron chi connectivity index (χ4n) is 2.08. The second-order valence-electron chi connectivity index (χ2n) is 3.99. The Morgan fingerprint density at radius 3 is 3.00 bits per heavy atom. The standard InChI is InChI=1S/C14H13N3/c15-6-1-2-10-3-4-13-12(8-10)11-5-7-16-9-14(11)17-13/h1-5,7-9,17H,6,15H2/b2-1+. The summed E-state index contributed by atoms with van der Waals surface area (Å²) in [4.78, 5) is 7.47. The number of benzene rings is 1. The highest BCUT2D eigenvalue weighted by molar-refractivity contribution is 6.07. The number of aromatic amines is 1. The van der Waals surface area contributed by atoms with Crippen LogP contribution in [0.1, 0.15) is 5.56 Å². The highest BCUT2D eigenvalue weighted by Gasteiger charge is 2.03. The van der Waals surface area contributed by atoms with Crippen molar-refractivity contribution in [2.45, 2.75) is 0 Å². The Bertz CT molecular complexity index is 695. The van der Waals surface area contributed by atoms with Crippen LogP contribution < -0.4 is 5.73 Å². The Balaban J connectivity index is 2.26. The topological polar surface area (TPSA) is 54.7 Å². The zero-order valence-electron chi connectivity index (χ0n) is 9.35. The molecule has 17 heavy (non-hydrogen) atoms. The number of nitrogens with zero attached hydrogens (tertiary/aromatic N) is 1. The molecule has 0 fully saturated rings. The third-order valence-electron chi connectivity index (χ3n) is 2.87. The van der Waals surface area contributed by atoms with Crippen LogP contribution in [0, 0.1) is 0 Å². The van der Waals surface area contributed by atoms with Crippen molar-refractivity contribution in [2.24, 2.45) is 5.73 Å². The van der Waals surface area contributed by atoms with Crippen molar-refractivity contribution in [2.75, 3.05) is 6.54 Å². The fourth-order valence-corrected chi connectivity index (χ4v) is 2.08. The predicted molar refractivity (Wildman–Crippen MR) is 71.7 cm³/mol. The number of aromatic nitrogens is 2. The Morgan fingerprint density at radius 1 is 1.18 bits per heavy atom. The SMILES string of the molecule is NC/C=C/c1ccc2[nH]c3cnccc3c2c1. The minimum Gasteiger partial charge on any atom is -0.353 e. The first-order valence-corrected chi connectivity index (χ1v) is 5.60. The maximum atomic E-state index is 5.46. The van der Waals surface area contributed by atoms with Gasteiger partial charge in [0.2, 0.25) is 0 Å². The summed E-state index contributed by atoms with van der Waals surface area (Å²) in [6.45, 7) is 0.565. The van der Waals surface area contributed by atoms with Crippen molar-refractivity contribution in [3.05, 3.63) is 48.3 Å². The van der Waals surface area contributed by atoms with E-state index in [0.29, 0.717) is 6.54 Å². The van der Waals surface area contributed by atoms with Crippen LogP contribution in [0.3, 0.4) is 0 Å². The summed E-state index contributed by atoms with van der Waals surface area (Å²) in [6, 6.07) is 8.37. The van der Waals surface area contributed by atoms with Crippen molar-refractivity contribution in [1.29, 1.82) is 0 Å². The molecule has 1 aromatic carbocycles. The first kappa shape index (κ1) is 10.1. The summed E-state index contributed by atoms with van der Waals surface area (Å²) in [5.74, 6) is 0. The van der Waals surface area contributed by atoms with Gasteiger partial charge in [0.25, 0.3) is 0 Å². The summed E-state index contributed by atoms with van der Waals surface area (Å²) >= 11 is 0. The minimum atomic E-state index is 0.565. The molecular formula is C14H13N3. The third kappa shape index (κ3) is 1.70. The van der Waals surface area contributed by atoms with Gasteiger partial charge in [-0.05, 0) is 23.8 Å². The number of hydrogen-bond acceptors (Lipinski definition) is 2. The lowest BCUT2D eigenvalue weighted by Gasteiger charge is -1.95. The van der Waals surface area contributed by atoms with Gasteiger partial charge in [-0.2, -0.15) is 0 Å². The molecule has 0 bridgehead atoms. The van der Waals surface area contributed by atoms with E-state index in [4.69, 9.17) is 5.73 Å². The number of fused-ring (bicyclic) bond motifs is 3. The van der Waals surface area contributed by atoms with E-state index in [0.717, 1.165) is 11.0 Å². The predicted octanol–water partition coefficient (Wildman–Crippen LogP) is 2.69. The highest BCUT2D eigenvalue weighted by Crippen LogP contribution is 2.25. The van der Waals surface area contributed by atoms with Crippen molar-refractivity contribution < 1.29 is 0 Å². The van der Waals surface area contributed by atoms with Crippen molar-refractivity contribution in [3.8, 4) is 0 Å². The molecule has 2 heterocycles. The Hall–Kier alpha value is -2.13. The highest BCUT2D eigenvalue weighted by atomic mass is 14.7. The largest absolute Gasteiger partial charge is 0.353 e. The Kier molecular flexibility index (Phi) is 2.38. The average molecular weight is 223 g/mol. The normalized spacial score (nSPS) is 11.8. The summed E-state index contributed by atoms with van der Waals surface area (Å²) < 4.78 is 0. The van der Waals surface area contributed by atoms with Crippen molar-refractivity contribution >= 4 is 27.9 Å². The summed E-state index contributed by atoms with van der Waals surface area (Å²) in [5, 5.41) is 2.43. The molecule has 0 unspecified atom stereocenters. The lowest BCUT2D eigenvalue weighted by atomic mass is 10.1. The number of nitrogens with one attached hydrogen (secondary N) is 1. The van der Waals surface area contributed by atoms with Gasteiger partial charge in [-0.25, -0.2) is 0 Å². The minimum absolute atomic E-state index is 0.565. The van der Waals surface area contributed by atoms with Crippen LogP contribution in [-0.4, -0.2) is 16.5 Å². The number of nitrogens with two attached hydrogens (primary N) is 1. The summed E-state index contributed by atoms with van der Waals surface area (Å²) in [7, 11) is 0. The molecule has 3 rings (SSSR count). The van der Waals surface area contributed by atoms with Crippen LogP contribution in [0.25, 0.3) is 27.9 Å². The monoisotopic (exact) mass is 223 g/mol. The van der Waals surface area contributed by atoms with E-state index < -0.39 is 0 Å². The lowest BCUT2D eigenvalue weighted by molar-refractivity contribution is 1.26. The molecule has 0 aliphatic carbocycles. The van der Waals surface area contributed by atoms with E-state index in [-0.39, 0.29) is 0 Å². The fraction of sp³-hybridized carbons (Fsp3) is 0.0714. The molecule has 0 atom stereocenters. The molecule has 3 aromatic rings. The number of hydrogen-bond donors (Lipinski definition) is 2. The second-order valence-corrected chi connectivity index (χ2v) is 3.99. The molecule has 0 aliphatic heterocycles. The number of H-pyrrole nitrogens is 1. The van der Waals surface area contributed by atoms with Crippen LogP contribution in [0.5, 0.6) is 0 Å². The van der Waals surface area contributed by atoms with Gasteiger partial charge in [-0.15, -0.1) is 0 Å². The van der Waals surface area contributed by atoms with E-state index in [1.165, 1.54) is 16.3 Å². The average Bonchev–Trinajstić information content (AvgIpc) is 2.74. The first-order valence-electron chi connectivity index (χ1n) is 5.60. The van der Waals surface area contributed by atoms with E-state index in [2.05, 4.69) is 28.2 Å². The Labute approximate surface area is 99.0 Å². The van der Waals surface area contributed by atoms with Crippen LogP contribution in [0.2, 0.25) is 0 Å². The van der Waals surface area contributed by atoms with Gasteiger partial charge in [0.15, 0.2) is 0 Å². The van der Waals surface area contributed by atoms with Gasteiger partial charge in [0, 0.05) is 29.0 Å². The molecule has 3 heteroatoms. The molecule has 3 nitrogen and oxygen atoms in total. The van der Waals surface area contributed by atoms with Crippen LogP contribution in [0.15, 0.2) is 42.7 Å². The zero-order valence-corrected chi connectivity index (χ0v) is 9.35. The maximum Gasteiger partial charge on any atom is 0.0651 e. The zero-order chi connectivity index (χ0) is 11.7. The number of pyridine rings is 1. The second kappa shape index (κ2) is 4.03. The van der Waals surface area contributed by atoms with Gasteiger partial charge in [-0.1, -0.05) is 18.2 Å². The smallest absolute Gasteiger partial charge is 0.0651 e. The molecule has 0 amide bonds. The van der Waals surface area contributed by atoms with Crippen molar-refractivity contribution in [3.63, 3.8) is 0 Å². The Morgan fingerprint density at radius 2 is 2.12 bits per heavy atom. The first-order chi connectivity index (χ1) is 8.38. The van der Waals surface area contributed by atoms with E-state index in [9.17, 15) is 0 Å². The lowest BCUT2D eigenvalue weighted by Crippen LogP contribution is -1.91. The van der Waals surface area contributed by atoms with Gasteiger partial charge in [0.1, 0.15) is 0 Å². The molecule has 0 saturated heterocycles.